The Morgan fingerprint density at radius 1 is 1.24 bits per heavy atom. The van der Waals surface area contributed by atoms with Gasteiger partial charge in [0.05, 0.1) is 6.42 Å². The fourth-order valence-electron chi connectivity index (χ4n) is 1.12. The summed E-state index contributed by atoms with van der Waals surface area (Å²) in [7, 11) is 0. The normalized spacial score (nSPS) is 9.00. The van der Waals surface area contributed by atoms with Crippen LogP contribution in [0.1, 0.15) is 12.8 Å². The number of halogens is 1. The highest BCUT2D eigenvalue weighted by Crippen LogP contribution is 2.07. The van der Waals surface area contributed by atoms with E-state index in [2.05, 4.69) is 26.7 Å². The van der Waals surface area contributed by atoms with Crippen molar-refractivity contribution in [2.24, 2.45) is 0 Å². The first-order chi connectivity index (χ1) is 8.33. The minimum Gasteiger partial charge on any atom is -0.490 e. The molecule has 4 heteroatoms. The monoisotopic (exact) mass is 296 g/mol. The highest BCUT2D eigenvalue weighted by Gasteiger charge is 2.01. The Labute approximate surface area is 109 Å². The lowest BCUT2D eigenvalue weighted by atomic mass is 10.3. The highest BCUT2D eigenvalue weighted by molar-refractivity contribution is 9.12. The third kappa shape index (κ3) is 6.64. The number of para-hydroxylation sites is 1. The number of esters is 1. The molecule has 3 nitrogen and oxygen atoms in total. The maximum absolute atomic E-state index is 11.2. The van der Waals surface area contributed by atoms with Gasteiger partial charge in [0.1, 0.15) is 19.0 Å². The third-order valence-electron chi connectivity index (χ3n) is 1.88. The second kappa shape index (κ2) is 8.66. The first-order valence-electron chi connectivity index (χ1n) is 5.25. The van der Waals surface area contributed by atoms with Crippen molar-refractivity contribution in [1.82, 2.24) is 0 Å². The van der Waals surface area contributed by atoms with E-state index in [1.54, 1.807) is 0 Å². The topological polar surface area (TPSA) is 35.5 Å². The van der Waals surface area contributed by atoms with Gasteiger partial charge in [0.2, 0.25) is 0 Å². The largest absolute Gasteiger partial charge is 0.490 e. The van der Waals surface area contributed by atoms with Gasteiger partial charge in [0.15, 0.2) is 0 Å². The van der Waals surface area contributed by atoms with E-state index in [1.807, 2.05) is 30.3 Å². The molecule has 0 radical (unpaired) electrons. The van der Waals surface area contributed by atoms with Crippen molar-refractivity contribution in [3.05, 3.63) is 30.3 Å². The lowest BCUT2D eigenvalue weighted by Gasteiger charge is -2.06. The van der Waals surface area contributed by atoms with Crippen LogP contribution in [0.4, 0.5) is 0 Å². The molecule has 0 aliphatic rings. The number of rotatable bonds is 6. The number of carbonyl (C=O) groups excluding carboxylic acids is 1. The molecule has 1 aromatic rings. The molecule has 0 saturated carbocycles. The summed E-state index contributed by atoms with van der Waals surface area (Å²) < 4.78 is 10.3. The molecule has 0 saturated heterocycles. The maximum Gasteiger partial charge on any atom is 0.306 e. The molecule has 1 aromatic carbocycles. The molecule has 0 fully saturated rings. The lowest BCUT2D eigenvalue weighted by molar-refractivity contribution is -0.144. The number of carbonyl (C=O) groups is 1. The Morgan fingerprint density at radius 2 is 2.00 bits per heavy atom. The molecule has 0 aliphatic heterocycles. The summed E-state index contributed by atoms with van der Waals surface area (Å²) in [6.07, 6.45) is 0.813. The van der Waals surface area contributed by atoms with Gasteiger partial charge in [-0.1, -0.05) is 24.1 Å². The first-order valence-corrected chi connectivity index (χ1v) is 6.04. The Hall–Kier alpha value is -1.47. The summed E-state index contributed by atoms with van der Waals surface area (Å²) in [6, 6.07) is 9.40. The maximum atomic E-state index is 11.2. The van der Waals surface area contributed by atoms with Crippen molar-refractivity contribution >= 4 is 21.9 Å². The number of benzene rings is 1. The van der Waals surface area contributed by atoms with Crippen LogP contribution in [0, 0.1) is 10.8 Å². The molecule has 0 amide bonds. The smallest absolute Gasteiger partial charge is 0.306 e. The van der Waals surface area contributed by atoms with E-state index in [1.165, 1.54) is 0 Å². The Morgan fingerprint density at radius 3 is 2.71 bits per heavy atom. The van der Waals surface area contributed by atoms with Crippen LogP contribution in [0.3, 0.4) is 0 Å². The average Bonchev–Trinajstić information content (AvgIpc) is 2.36. The van der Waals surface area contributed by atoms with Gasteiger partial charge in [-0.15, -0.1) is 0 Å². The van der Waals surface area contributed by atoms with Crippen molar-refractivity contribution in [1.29, 1.82) is 0 Å². The SMILES string of the molecule is O=C(CCC#CBr)OCCOc1ccccc1. The summed E-state index contributed by atoms with van der Waals surface area (Å²) in [4.78, 5) is 13.7. The fraction of sp³-hybridized carbons (Fsp3) is 0.308. The lowest BCUT2D eigenvalue weighted by Crippen LogP contribution is -2.11. The summed E-state index contributed by atoms with van der Waals surface area (Å²) in [5, 5.41) is 0. The van der Waals surface area contributed by atoms with Crippen molar-refractivity contribution in [3.63, 3.8) is 0 Å². The molecule has 90 valence electrons. The molecule has 0 atom stereocenters. The molecule has 0 aromatic heterocycles. The molecule has 0 N–H and O–H groups in total. The predicted octanol–water partition coefficient (Wildman–Crippen LogP) is 2.74. The molecule has 0 aliphatic carbocycles. The van der Waals surface area contributed by atoms with E-state index in [-0.39, 0.29) is 12.6 Å². The Bertz CT molecular complexity index is 392. The van der Waals surface area contributed by atoms with E-state index in [9.17, 15) is 4.79 Å². The van der Waals surface area contributed by atoms with Crippen LogP contribution in [-0.4, -0.2) is 19.2 Å². The molecule has 0 spiro atoms. The molecular formula is C13H13BrO3. The third-order valence-corrected chi connectivity index (χ3v) is 2.16. The van der Waals surface area contributed by atoms with Crippen LogP contribution in [0.15, 0.2) is 30.3 Å². The van der Waals surface area contributed by atoms with Gasteiger partial charge >= 0.3 is 5.97 Å². The van der Waals surface area contributed by atoms with Crippen molar-refractivity contribution in [3.8, 4) is 16.5 Å². The number of hydrogen-bond donors (Lipinski definition) is 0. The number of hydrogen-bond acceptors (Lipinski definition) is 3. The average molecular weight is 297 g/mol. The van der Waals surface area contributed by atoms with E-state index in [0.717, 1.165) is 5.75 Å². The molecular weight excluding hydrogens is 284 g/mol. The predicted molar refractivity (Wildman–Crippen MR) is 68.8 cm³/mol. The van der Waals surface area contributed by atoms with Gasteiger partial charge in [0.25, 0.3) is 0 Å². The van der Waals surface area contributed by atoms with Gasteiger partial charge in [-0.2, -0.15) is 0 Å². The quantitative estimate of drug-likeness (QED) is 0.460. The van der Waals surface area contributed by atoms with Crippen LogP contribution in [-0.2, 0) is 9.53 Å². The molecule has 0 unspecified atom stereocenters. The van der Waals surface area contributed by atoms with Crippen molar-refractivity contribution in [2.45, 2.75) is 12.8 Å². The van der Waals surface area contributed by atoms with Gasteiger partial charge in [-0.25, -0.2) is 0 Å². The van der Waals surface area contributed by atoms with Gasteiger partial charge in [-0.05, 0) is 17.0 Å². The summed E-state index contributed by atoms with van der Waals surface area (Å²) in [5.74, 6) is 3.25. The second-order valence-corrected chi connectivity index (χ2v) is 3.55. The van der Waals surface area contributed by atoms with Crippen LogP contribution in [0.25, 0.3) is 0 Å². The van der Waals surface area contributed by atoms with E-state index in [4.69, 9.17) is 9.47 Å². The zero-order valence-electron chi connectivity index (χ0n) is 9.32. The fourth-order valence-corrected chi connectivity index (χ4v) is 1.31. The molecule has 1 rings (SSSR count). The van der Waals surface area contributed by atoms with Crippen LogP contribution in [0.2, 0.25) is 0 Å². The standard InChI is InChI=1S/C13H13BrO3/c14-9-5-4-8-13(15)17-11-10-16-12-6-2-1-3-7-12/h1-3,6-7H,4,8,10-11H2. The molecule has 0 heterocycles. The van der Waals surface area contributed by atoms with Crippen LogP contribution in [0.5, 0.6) is 5.75 Å². The van der Waals surface area contributed by atoms with Crippen LogP contribution < -0.4 is 4.74 Å². The van der Waals surface area contributed by atoms with E-state index >= 15 is 0 Å². The minimum absolute atomic E-state index is 0.253. The molecule has 0 bridgehead atoms. The summed E-state index contributed by atoms with van der Waals surface area (Å²) in [6.45, 7) is 0.620. The summed E-state index contributed by atoms with van der Waals surface area (Å²) >= 11 is 2.96. The van der Waals surface area contributed by atoms with Gasteiger partial charge in [-0.3, -0.25) is 4.79 Å². The van der Waals surface area contributed by atoms with Gasteiger partial charge in [0, 0.05) is 22.4 Å². The summed E-state index contributed by atoms with van der Waals surface area (Å²) in [5.41, 5.74) is 0. The van der Waals surface area contributed by atoms with Gasteiger partial charge < -0.3 is 9.47 Å². The Balaban J connectivity index is 2.07. The number of ether oxygens (including phenoxy) is 2. The van der Waals surface area contributed by atoms with E-state index in [0.29, 0.717) is 19.4 Å². The Kier molecular flexibility index (Phi) is 6.92. The minimum atomic E-state index is -0.253. The van der Waals surface area contributed by atoms with Crippen molar-refractivity contribution in [2.75, 3.05) is 13.2 Å². The van der Waals surface area contributed by atoms with Crippen LogP contribution >= 0.6 is 15.9 Å². The first kappa shape index (κ1) is 13.6. The van der Waals surface area contributed by atoms with E-state index < -0.39 is 0 Å². The zero-order chi connectivity index (χ0) is 12.3. The highest BCUT2D eigenvalue weighted by atomic mass is 79.9. The van der Waals surface area contributed by atoms with Crippen molar-refractivity contribution < 1.29 is 14.3 Å². The molecule has 17 heavy (non-hydrogen) atoms. The second-order valence-electron chi connectivity index (χ2n) is 3.15. The zero-order valence-corrected chi connectivity index (χ0v) is 10.9.